The zero-order chi connectivity index (χ0) is 9.84. The van der Waals surface area contributed by atoms with Gasteiger partial charge in [0.2, 0.25) is 0 Å². The molecule has 1 aromatic carbocycles. The first-order chi connectivity index (χ1) is 6.08. The van der Waals surface area contributed by atoms with Crippen molar-refractivity contribution in [2.75, 3.05) is 17.6 Å². The summed E-state index contributed by atoms with van der Waals surface area (Å²) in [7, 11) is 0. The van der Waals surface area contributed by atoms with Gasteiger partial charge in [0.25, 0.3) is 0 Å². The van der Waals surface area contributed by atoms with E-state index in [1.807, 2.05) is 0 Å². The van der Waals surface area contributed by atoms with E-state index in [0.29, 0.717) is 17.9 Å². The molecule has 0 spiro atoms. The molecule has 0 aliphatic carbocycles. The van der Waals surface area contributed by atoms with Crippen molar-refractivity contribution in [2.24, 2.45) is 0 Å². The topological polar surface area (TPSA) is 38.0 Å². The van der Waals surface area contributed by atoms with Crippen LogP contribution in [0.25, 0.3) is 0 Å². The number of benzene rings is 1. The second kappa shape index (κ2) is 4.28. The van der Waals surface area contributed by atoms with Gasteiger partial charge in [-0.3, -0.25) is 0 Å². The van der Waals surface area contributed by atoms with Crippen LogP contribution in [-0.4, -0.2) is 6.54 Å². The Morgan fingerprint density at radius 3 is 2.77 bits per heavy atom. The zero-order valence-electron chi connectivity index (χ0n) is 6.98. The third kappa shape index (κ3) is 3.46. The normalized spacial score (nSPS) is 9.69. The molecule has 70 valence electrons. The largest absolute Gasteiger partial charge is 0.399 e. The highest BCUT2D eigenvalue weighted by Gasteiger charge is 1.97. The van der Waals surface area contributed by atoms with E-state index < -0.39 is 0 Å². The van der Waals surface area contributed by atoms with Gasteiger partial charge >= 0.3 is 0 Å². The van der Waals surface area contributed by atoms with Crippen LogP contribution in [-0.2, 0) is 0 Å². The number of hydrogen-bond acceptors (Lipinski definition) is 2. The molecule has 0 aliphatic rings. The predicted molar refractivity (Wildman–Crippen MR) is 57.4 cm³/mol. The lowest BCUT2D eigenvalue weighted by atomic mass is 10.2. The third-order valence-electron chi connectivity index (χ3n) is 1.40. The molecular formula is C9H10BrFN2. The molecule has 0 radical (unpaired) electrons. The molecule has 1 rings (SSSR count). The number of rotatable bonds is 3. The Morgan fingerprint density at radius 1 is 1.54 bits per heavy atom. The Morgan fingerprint density at radius 2 is 2.23 bits per heavy atom. The Hall–Kier alpha value is -1.03. The average molecular weight is 245 g/mol. The standard InChI is InChI=1S/C9H10BrFN2/c1-6(10)5-13-9-3-7(11)2-8(12)4-9/h2-4,13H,1,5,12H2. The fourth-order valence-electron chi connectivity index (χ4n) is 0.912. The van der Waals surface area contributed by atoms with Crippen LogP contribution in [0.3, 0.4) is 0 Å². The summed E-state index contributed by atoms with van der Waals surface area (Å²) in [4.78, 5) is 0. The Kier molecular flexibility index (Phi) is 3.31. The highest BCUT2D eigenvalue weighted by molar-refractivity contribution is 9.11. The van der Waals surface area contributed by atoms with Crippen LogP contribution in [0.1, 0.15) is 0 Å². The number of halogens is 2. The summed E-state index contributed by atoms with van der Waals surface area (Å²) in [5.41, 5.74) is 6.51. The Labute approximate surface area is 84.8 Å². The van der Waals surface area contributed by atoms with Gasteiger partial charge in [-0.1, -0.05) is 22.5 Å². The number of anilines is 2. The molecule has 4 heteroatoms. The maximum Gasteiger partial charge on any atom is 0.127 e. The molecule has 0 atom stereocenters. The molecule has 1 aromatic rings. The van der Waals surface area contributed by atoms with Crippen molar-refractivity contribution in [3.63, 3.8) is 0 Å². The van der Waals surface area contributed by atoms with Gasteiger partial charge in [0.15, 0.2) is 0 Å². The van der Waals surface area contributed by atoms with Crippen LogP contribution in [0.2, 0.25) is 0 Å². The monoisotopic (exact) mass is 244 g/mol. The minimum atomic E-state index is -0.345. The van der Waals surface area contributed by atoms with E-state index in [1.165, 1.54) is 12.1 Å². The van der Waals surface area contributed by atoms with E-state index in [-0.39, 0.29) is 5.82 Å². The van der Waals surface area contributed by atoms with Crippen molar-refractivity contribution in [3.8, 4) is 0 Å². The van der Waals surface area contributed by atoms with E-state index in [2.05, 4.69) is 27.8 Å². The third-order valence-corrected chi connectivity index (χ3v) is 1.68. The lowest BCUT2D eigenvalue weighted by Crippen LogP contribution is -2.01. The van der Waals surface area contributed by atoms with E-state index in [1.54, 1.807) is 6.07 Å². The predicted octanol–water partition coefficient (Wildman–Crippen LogP) is 2.73. The quantitative estimate of drug-likeness (QED) is 0.803. The molecule has 0 saturated heterocycles. The van der Waals surface area contributed by atoms with Crippen LogP contribution >= 0.6 is 15.9 Å². The summed E-state index contributed by atoms with van der Waals surface area (Å²) in [6, 6.07) is 4.32. The Balaban J connectivity index is 2.71. The van der Waals surface area contributed by atoms with E-state index in [0.717, 1.165) is 4.48 Å². The fourth-order valence-corrected chi connectivity index (χ4v) is 1.05. The summed E-state index contributed by atoms with van der Waals surface area (Å²) >= 11 is 3.19. The molecule has 0 aromatic heterocycles. The molecule has 0 unspecified atom stereocenters. The van der Waals surface area contributed by atoms with Crippen molar-refractivity contribution in [2.45, 2.75) is 0 Å². The molecule has 13 heavy (non-hydrogen) atoms. The molecule has 0 saturated carbocycles. The molecule has 0 fully saturated rings. The summed E-state index contributed by atoms with van der Waals surface area (Å²) in [6.45, 7) is 4.19. The molecular weight excluding hydrogens is 235 g/mol. The molecule has 0 aliphatic heterocycles. The van der Waals surface area contributed by atoms with E-state index in [4.69, 9.17) is 5.73 Å². The number of nitrogens with two attached hydrogens (primary N) is 1. The smallest absolute Gasteiger partial charge is 0.127 e. The van der Waals surface area contributed by atoms with Crippen molar-refractivity contribution < 1.29 is 4.39 Å². The summed E-state index contributed by atoms with van der Waals surface area (Å²) < 4.78 is 13.6. The molecule has 0 amide bonds. The van der Waals surface area contributed by atoms with Gasteiger partial charge in [0, 0.05) is 22.4 Å². The first-order valence-corrected chi connectivity index (χ1v) is 4.50. The minimum absolute atomic E-state index is 0.345. The van der Waals surface area contributed by atoms with Crippen LogP contribution in [0.15, 0.2) is 29.3 Å². The van der Waals surface area contributed by atoms with Crippen LogP contribution in [0, 0.1) is 5.82 Å². The zero-order valence-corrected chi connectivity index (χ0v) is 8.57. The van der Waals surface area contributed by atoms with Crippen molar-refractivity contribution in [1.29, 1.82) is 0 Å². The van der Waals surface area contributed by atoms with E-state index >= 15 is 0 Å². The second-order valence-corrected chi connectivity index (χ2v) is 3.77. The van der Waals surface area contributed by atoms with Gasteiger partial charge in [-0.15, -0.1) is 0 Å². The van der Waals surface area contributed by atoms with Gasteiger partial charge < -0.3 is 11.1 Å². The maximum absolute atomic E-state index is 12.8. The molecule has 0 heterocycles. The van der Waals surface area contributed by atoms with Gasteiger partial charge in [-0.2, -0.15) is 0 Å². The lowest BCUT2D eigenvalue weighted by Gasteiger charge is -2.05. The average Bonchev–Trinajstić information content (AvgIpc) is 1.99. The van der Waals surface area contributed by atoms with Crippen LogP contribution in [0.5, 0.6) is 0 Å². The molecule has 2 nitrogen and oxygen atoms in total. The maximum atomic E-state index is 12.8. The summed E-state index contributed by atoms with van der Waals surface area (Å²) in [5.74, 6) is -0.345. The fraction of sp³-hybridized carbons (Fsp3) is 0.111. The van der Waals surface area contributed by atoms with Gasteiger partial charge in [-0.05, 0) is 18.2 Å². The van der Waals surface area contributed by atoms with Crippen molar-refractivity contribution >= 4 is 27.3 Å². The number of nitrogens with one attached hydrogen (secondary N) is 1. The van der Waals surface area contributed by atoms with Crippen LogP contribution < -0.4 is 11.1 Å². The lowest BCUT2D eigenvalue weighted by molar-refractivity contribution is 0.629. The first kappa shape index (κ1) is 10.1. The second-order valence-electron chi connectivity index (χ2n) is 2.64. The highest BCUT2D eigenvalue weighted by Crippen LogP contribution is 2.16. The molecule has 0 bridgehead atoms. The first-order valence-electron chi connectivity index (χ1n) is 3.71. The van der Waals surface area contributed by atoms with Gasteiger partial charge in [0.1, 0.15) is 5.82 Å². The number of hydrogen-bond donors (Lipinski definition) is 2. The summed E-state index contributed by atoms with van der Waals surface area (Å²) in [6.07, 6.45) is 0. The van der Waals surface area contributed by atoms with Crippen molar-refractivity contribution in [1.82, 2.24) is 0 Å². The Bertz CT molecular complexity index is 305. The summed E-state index contributed by atoms with van der Waals surface area (Å²) in [5, 5.41) is 2.96. The number of nitrogen functional groups attached to an aromatic ring is 1. The van der Waals surface area contributed by atoms with Crippen molar-refractivity contribution in [3.05, 3.63) is 35.1 Å². The molecule has 3 N–H and O–H groups in total. The van der Waals surface area contributed by atoms with Gasteiger partial charge in [0.05, 0.1) is 0 Å². The minimum Gasteiger partial charge on any atom is -0.399 e. The highest BCUT2D eigenvalue weighted by atomic mass is 79.9. The SMILES string of the molecule is C=C(Br)CNc1cc(N)cc(F)c1. The van der Waals surface area contributed by atoms with Crippen LogP contribution in [0.4, 0.5) is 15.8 Å². The van der Waals surface area contributed by atoms with Gasteiger partial charge in [-0.25, -0.2) is 4.39 Å². The van der Waals surface area contributed by atoms with E-state index in [9.17, 15) is 4.39 Å².